The molecule has 2 atom stereocenters. The number of benzene rings is 1. The van der Waals surface area contributed by atoms with E-state index in [1.807, 2.05) is 0 Å². The first kappa shape index (κ1) is 17.9. The number of carbonyl (C=O) groups is 1. The number of likely N-dealkylation sites (tertiary alicyclic amines) is 1. The van der Waals surface area contributed by atoms with Crippen molar-refractivity contribution < 1.29 is 9.53 Å². The molecule has 1 aromatic rings. The van der Waals surface area contributed by atoms with E-state index in [0.29, 0.717) is 24.5 Å². The van der Waals surface area contributed by atoms with Crippen LogP contribution in [-0.2, 0) is 11.2 Å². The van der Waals surface area contributed by atoms with Gasteiger partial charge in [0.15, 0.2) is 0 Å². The molecule has 2 saturated carbocycles. The molecule has 2 aliphatic carbocycles. The Balaban J connectivity index is 1.32. The van der Waals surface area contributed by atoms with E-state index in [0.717, 1.165) is 24.6 Å². The normalized spacial score (nSPS) is 26.5. The van der Waals surface area contributed by atoms with Crippen molar-refractivity contribution in [3.8, 4) is 5.75 Å². The van der Waals surface area contributed by atoms with Gasteiger partial charge in [0.1, 0.15) is 5.75 Å². The molecule has 4 rings (SSSR count). The van der Waals surface area contributed by atoms with Crippen molar-refractivity contribution in [2.24, 2.45) is 5.92 Å². The summed E-state index contributed by atoms with van der Waals surface area (Å²) in [4.78, 5) is 15.1. The summed E-state index contributed by atoms with van der Waals surface area (Å²) in [5, 5.41) is 0. The molecule has 0 bridgehead atoms. The van der Waals surface area contributed by atoms with E-state index in [4.69, 9.17) is 4.74 Å². The van der Waals surface area contributed by atoms with Crippen LogP contribution >= 0.6 is 0 Å². The molecule has 0 N–H and O–H groups in total. The molecular formula is C23H33NO2. The Morgan fingerprint density at radius 1 is 1.00 bits per heavy atom. The third-order valence-corrected chi connectivity index (χ3v) is 6.69. The fourth-order valence-corrected chi connectivity index (χ4v) is 5.30. The first-order chi connectivity index (χ1) is 12.8. The fourth-order valence-electron chi connectivity index (χ4n) is 5.30. The van der Waals surface area contributed by atoms with Crippen molar-refractivity contribution >= 4 is 5.91 Å². The summed E-state index contributed by atoms with van der Waals surface area (Å²) in [6, 6.07) is 8.94. The Labute approximate surface area is 158 Å². The van der Waals surface area contributed by atoms with Gasteiger partial charge in [-0.3, -0.25) is 4.79 Å². The molecule has 1 heterocycles. The highest BCUT2D eigenvalue weighted by Crippen LogP contribution is 2.35. The van der Waals surface area contributed by atoms with Crippen LogP contribution in [0.4, 0.5) is 0 Å². The summed E-state index contributed by atoms with van der Waals surface area (Å²) < 4.78 is 6.11. The van der Waals surface area contributed by atoms with Gasteiger partial charge in [0.25, 0.3) is 0 Å². The molecule has 3 aliphatic rings. The maximum atomic E-state index is 12.9. The Kier molecular flexibility index (Phi) is 5.81. The summed E-state index contributed by atoms with van der Waals surface area (Å²) in [7, 11) is 0. The van der Waals surface area contributed by atoms with E-state index in [9.17, 15) is 4.79 Å². The standard InChI is InChI=1S/C23H33NO2/c25-23(24-16-6-9-19-8-1-4-13-22(19)24)15-14-18-7-5-12-21(17-18)26-20-10-2-3-11-20/h5,7,12,17,19-20,22H,1-4,6,8-11,13-16H2. The lowest BCUT2D eigenvalue weighted by molar-refractivity contribution is -0.137. The highest BCUT2D eigenvalue weighted by atomic mass is 16.5. The number of rotatable bonds is 5. The minimum absolute atomic E-state index is 0.365. The van der Waals surface area contributed by atoms with Crippen LogP contribution in [0.3, 0.4) is 0 Å². The highest BCUT2D eigenvalue weighted by Gasteiger charge is 2.35. The van der Waals surface area contributed by atoms with E-state index < -0.39 is 0 Å². The molecule has 26 heavy (non-hydrogen) atoms. The molecule has 0 aromatic heterocycles. The SMILES string of the molecule is O=C(CCc1cccc(OC2CCCC2)c1)N1CCCC2CCCCC21. The van der Waals surface area contributed by atoms with Gasteiger partial charge < -0.3 is 9.64 Å². The number of ether oxygens (including phenoxy) is 1. The molecule has 0 spiro atoms. The molecule has 1 aromatic carbocycles. The number of amides is 1. The number of aryl methyl sites for hydroxylation is 1. The molecule has 0 radical (unpaired) electrons. The molecule has 3 fully saturated rings. The molecule has 1 aliphatic heterocycles. The number of hydrogen-bond donors (Lipinski definition) is 0. The van der Waals surface area contributed by atoms with Crippen molar-refractivity contribution in [3.05, 3.63) is 29.8 Å². The Bertz CT molecular complexity index is 606. The molecule has 3 heteroatoms. The van der Waals surface area contributed by atoms with Gasteiger partial charge in [-0.25, -0.2) is 0 Å². The van der Waals surface area contributed by atoms with E-state index in [2.05, 4.69) is 29.2 Å². The Hall–Kier alpha value is -1.51. The first-order valence-electron chi connectivity index (χ1n) is 10.8. The van der Waals surface area contributed by atoms with Crippen LogP contribution in [0, 0.1) is 5.92 Å². The number of fused-ring (bicyclic) bond motifs is 1. The number of nitrogens with zero attached hydrogens (tertiary/aromatic N) is 1. The first-order valence-corrected chi connectivity index (χ1v) is 10.8. The molecule has 2 unspecified atom stereocenters. The van der Waals surface area contributed by atoms with Crippen LogP contribution in [0.5, 0.6) is 5.75 Å². The second-order valence-corrected chi connectivity index (χ2v) is 8.51. The summed E-state index contributed by atoms with van der Waals surface area (Å²) in [6.45, 7) is 0.977. The third-order valence-electron chi connectivity index (χ3n) is 6.69. The zero-order valence-electron chi connectivity index (χ0n) is 16.0. The van der Waals surface area contributed by atoms with Crippen LogP contribution < -0.4 is 4.74 Å². The number of piperidine rings is 1. The minimum Gasteiger partial charge on any atom is -0.490 e. The topological polar surface area (TPSA) is 29.5 Å². The largest absolute Gasteiger partial charge is 0.490 e. The highest BCUT2D eigenvalue weighted by molar-refractivity contribution is 5.77. The van der Waals surface area contributed by atoms with Crippen molar-refractivity contribution in [1.82, 2.24) is 4.90 Å². The monoisotopic (exact) mass is 355 g/mol. The van der Waals surface area contributed by atoms with Crippen molar-refractivity contribution in [2.45, 2.75) is 89.2 Å². The van der Waals surface area contributed by atoms with Crippen molar-refractivity contribution in [3.63, 3.8) is 0 Å². The summed E-state index contributed by atoms with van der Waals surface area (Å²) in [5.74, 6) is 2.11. The van der Waals surface area contributed by atoms with Gasteiger partial charge in [-0.2, -0.15) is 0 Å². The van der Waals surface area contributed by atoms with Crippen LogP contribution in [0.25, 0.3) is 0 Å². The fraction of sp³-hybridized carbons (Fsp3) is 0.696. The second-order valence-electron chi connectivity index (χ2n) is 8.51. The predicted octanol–water partition coefficient (Wildman–Crippen LogP) is 5.12. The quantitative estimate of drug-likeness (QED) is 0.733. The molecule has 3 nitrogen and oxygen atoms in total. The van der Waals surface area contributed by atoms with Gasteiger partial charge in [-0.1, -0.05) is 25.0 Å². The lowest BCUT2D eigenvalue weighted by Crippen LogP contribution is -2.49. The van der Waals surface area contributed by atoms with E-state index in [1.54, 1.807) is 0 Å². The third kappa shape index (κ3) is 4.24. The Morgan fingerprint density at radius 2 is 1.77 bits per heavy atom. The van der Waals surface area contributed by atoms with E-state index in [1.165, 1.54) is 69.8 Å². The minimum atomic E-state index is 0.365. The molecular weight excluding hydrogens is 322 g/mol. The summed E-state index contributed by atoms with van der Waals surface area (Å²) in [5.41, 5.74) is 1.23. The molecule has 142 valence electrons. The smallest absolute Gasteiger partial charge is 0.223 e. The van der Waals surface area contributed by atoms with Crippen molar-refractivity contribution in [1.29, 1.82) is 0 Å². The maximum absolute atomic E-state index is 12.9. The van der Waals surface area contributed by atoms with Gasteiger partial charge in [-0.05, 0) is 81.4 Å². The average molecular weight is 356 g/mol. The van der Waals surface area contributed by atoms with Crippen LogP contribution in [0.1, 0.15) is 76.2 Å². The molecule has 1 amide bonds. The number of carbonyl (C=O) groups excluding carboxylic acids is 1. The van der Waals surface area contributed by atoms with Gasteiger partial charge in [0, 0.05) is 19.0 Å². The lowest BCUT2D eigenvalue weighted by Gasteiger charge is -2.44. The van der Waals surface area contributed by atoms with E-state index >= 15 is 0 Å². The zero-order chi connectivity index (χ0) is 17.8. The average Bonchev–Trinajstić information content (AvgIpc) is 3.19. The summed E-state index contributed by atoms with van der Waals surface area (Å²) in [6.07, 6.45) is 14.5. The summed E-state index contributed by atoms with van der Waals surface area (Å²) >= 11 is 0. The van der Waals surface area contributed by atoms with Gasteiger partial charge in [0.2, 0.25) is 5.91 Å². The van der Waals surface area contributed by atoms with Gasteiger partial charge in [0.05, 0.1) is 6.10 Å². The van der Waals surface area contributed by atoms with Gasteiger partial charge in [-0.15, -0.1) is 0 Å². The maximum Gasteiger partial charge on any atom is 0.223 e. The van der Waals surface area contributed by atoms with Crippen LogP contribution in [0.2, 0.25) is 0 Å². The lowest BCUT2D eigenvalue weighted by atomic mass is 9.78. The zero-order valence-corrected chi connectivity index (χ0v) is 16.0. The molecule has 1 saturated heterocycles. The Morgan fingerprint density at radius 3 is 2.65 bits per heavy atom. The predicted molar refractivity (Wildman–Crippen MR) is 104 cm³/mol. The van der Waals surface area contributed by atoms with E-state index in [-0.39, 0.29) is 0 Å². The number of hydrogen-bond acceptors (Lipinski definition) is 2. The van der Waals surface area contributed by atoms with Crippen molar-refractivity contribution in [2.75, 3.05) is 6.54 Å². The second kappa shape index (κ2) is 8.45. The van der Waals surface area contributed by atoms with Crippen LogP contribution in [0.15, 0.2) is 24.3 Å². The van der Waals surface area contributed by atoms with Gasteiger partial charge >= 0.3 is 0 Å². The van der Waals surface area contributed by atoms with Crippen LogP contribution in [-0.4, -0.2) is 29.5 Å².